The first-order chi connectivity index (χ1) is 10.8. The summed E-state index contributed by atoms with van der Waals surface area (Å²) in [6.45, 7) is 2.63. The molecule has 0 aliphatic rings. The molecule has 112 valence electrons. The van der Waals surface area contributed by atoms with Crippen molar-refractivity contribution in [3.05, 3.63) is 36.7 Å². The summed E-state index contributed by atoms with van der Waals surface area (Å²) in [6, 6.07) is 6.97. The minimum Gasteiger partial charge on any atom is -0.308 e. The Kier molecular flexibility index (Phi) is 3.77. The van der Waals surface area contributed by atoms with Crippen molar-refractivity contribution in [1.29, 1.82) is 0 Å². The lowest BCUT2D eigenvalue weighted by atomic mass is 10.2. The molecule has 0 bridgehead atoms. The second-order valence-corrected chi connectivity index (χ2v) is 4.47. The normalized spacial score (nSPS) is 10.4. The highest BCUT2D eigenvalue weighted by atomic mass is 16.2. The molecule has 0 radical (unpaired) electrons. The van der Waals surface area contributed by atoms with Gasteiger partial charge in [0, 0.05) is 24.0 Å². The van der Waals surface area contributed by atoms with Crippen molar-refractivity contribution < 1.29 is 4.79 Å². The fourth-order valence-electron chi connectivity index (χ4n) is 1.97. The van der Waals surface area contributed by atoms with Gasteiger partial charge in [0.05, 0.1) is 11.9 Å². The standard InChI is InChI=1S/C13H14N8O/c1-2-21-12(18-19-20-21)9-4-3-5-10(6-9)16-13(22)17-11-7-14-15-8-11/h3-8H,2H2,1H3,(H,14,15)(H2,16,17,22). The number of tetrazole rings is 1. The van der Waals surface area contributed by atoms with Crippen molar-refractivity contribution in [1.82, 2.24) is 30.4 Å². The van der Waals surface area contributed by atoms with E-state index in [1.165, 1.54) is 6.20 Å². The minimum atomic E-state index is -0.353. The number of anilines is 2. The monoisotopic (exact) mass is 298 g/mol. The average Bonchev–Trinajstić information content (AvgIpc) is 3.18. The van der Waals surface area contributed by atoms with Crippen molar-refractivity contribution >= 4 is 17.4 Å². The number of hydrogen-bond donors (Lipinski definition) is 3. The lowest BCUT2D eigenvalue weighted by molar-refractivity contribution is 0.262. The van der Waals surface area contributed by atoms with Gasteiger partial charge < -0.3 is 10.6 Å². The molecule has 22 heavy (non-hydrogen) atoms. The predicted molar refractivity (Wildman–Crippen MR) is 80.2 cm³/mol. The summed E-state index contributed by atoms with van der Waals surface area (Å²) in [5.41, 5.74) is 2.06. The van der Waals surface area contributed by atoms with Crippen LogP contribution in [0.4, 0.5) is 16.2 Å². The number of carbonyl (C=O) groups excluding carboxylic acids is 1. The highest BCUT2D eigenvalue weighted by Gasteiger charge is 2.09. The van der Waals surface area contributed by atoms with E-state index in [1.807, 2.05) is 25.1 Å². The number of benzene rings is 1. The molecular weight excluding hydrogens is 284 g/mol. The molecule has 0 unspecified atom stereocenters. The first kappa shape index (κ1) is 13.7. The van der Waals surface area contributed by atoms with Crippen molar-refractivity contribution in [2.45, 2.75) is 13.5 Å². The van der Waals surface area contributed by atoms with Gasteiger partial charge in [-0.05, 0) is 29.5 Å². The lowest BCUT2D eigenvalue weighted by Gasteiger charge is -2.07. The van der Waals surface area contributed by atoms with Crippen LogP contribution < -0.4 is 10.6 Å². The van der Waals surface area contributed by atoms with E-state index >= 15 is 0 Å². The van der Waals surface area contributed by atoms with E-state index in [0.717, 1.165) is 5.56 Å². The summed E-state index contributed by atoms with van der Waals surface area (Å²) in [6.07, 6.45) is 3.11. The van der Waals surface area contributed by atoms with Crippen LogP contribution in [0.3, 0.4) is 0 Å². The Labute approximate surface area is 125 Å². The van der Waals surface area contributed by atoms with Gasteiger partial charge in [0.15, 0.2) is 5.82 Å². The number of aryl methyl sites for hydroxylation is 1. The molecule has 9 nitrogen and oxygen atoms in total. The van der Waals surface area contributed by atoms with Gasteiger partial charge in [-0.15, -0.1) is 5.10 Å². The summed E-state index contributed by atoms with van der Waals surface area (Å²) in [5.74, 6) is 0.654. The zero-order chi connectivity index (χ0) is 15.4. The molecule has 0 aliphatic carbocycles. The van der Waals surface area contributed by atoms with Crippen LogP contribution in [0.25, 0.3) is 11.4 Å². The number of nitrogens with zero attached hydrogens (tertiary/aromatic N) is 5. The van der Waals surface area contributed by atoms with Gasteiger partial charge in [-0.1, -0.05) is 12.1 Å². The number of carbonyl (C=O) groups is 1. The molecule has 0 saturated heterocycles. The maximum Gasteiger partial charge on any atom is 0.323 e. The molecule has 0 aliphatic heterocycles. The summed E-state index contributed by atoms with van der Waals surface area (Å²) in [7, 11) is 0. The summed E-state index contributed by atoms with van der Waals surface area (Å²) in [5, 5.41) is 23.3. The van der Waals surface area contributed by atoms with Crippen molar-refractivity contribution in [2.75, 3.05) is 10.6 Å². The van der Waals surface area contributed by atoms with Crippen LogP contribution in [0.5, 0.6) is 0 Å². The molecular formula is C13H14N8O. The highest BCUT2D eigenvalue weighted by Crippen LogP contribution is 2.20. The fourth-order valence-corrected chi connectivity index (χ4v) is 1.97. The number of urea groups is 1. The first-order valence-corrected chi connectivity index (χ1v) is 6.69. The van der Waals surface area contributed by atoms with Crippen LogP contribution in [0.1, 0.15) is 6.92 Å². The molecule has 0 fully saturated rings. The lowest BCUT2D eigenvalue weighted by Crippen LogP contribution is -2.19. The van der Waals surface area contributed by atoms with E-state index < -0.39 is 0 Å². The van der Waals surface area contributed by atoms with E-state index in [-0.39, 0.29) is 6.03 Å². The van der Waals surface area contributed by atoms with Gasteiger partial charge in [0.1, 0.15) is 0 Å². The molecule has 1 aromatic carbocycles. The molecule has 0 saturated carbocycles. The third-order valence-corrected chi connectivity index (χ3v) is 2.97. The van der Waals surface area contributed by atoms with Crippen LogP contribution in [0.15, 0.2) is 36.7 Å². The average molecular weight is 298 g/mol. The largest absolute Gasteiger partial charge is 0.323 e. The van der Waals surface area contributed by atoms with Crippen LogP contribution in [-0.2, 0) is 6.54 Å². The topological polar surface area (TPSA) is 113 Å². The summed E-state index contributed by atoms with van der Waals surface area (Å²) < 4.78 is 1.69. The molecule has 2 amide bonds. The van der Waals surface area contributed by atoms with E-state index in [2.05, 4.69) is 36.4 Å². The zero-order valence-electron chi connectivity index (χ0n) is 11.8. The van der Waals surface area contributed by atoms with Gasteiger partial charge in [-0.25, -0.2) is 9.48 Å². The maximum atomic E-state index is 11.9. The van der Waals surface area contributed by atoms with Crippen LogP contribution in [0, 0.1) is 0 Å². The quantitative estimate of drug-likeness (QED) is 0.678. The number of amides is 2. The Bertz CT molecular complexity index is 764. The second kappa shape index (κ2) is 6.04. The Morgan fingerprint density at radius 3 is 2.95 bits per heavy atom. The smallest absolute Gasteiger partial charge is 0.308 e. The van der Waals surface area contributed by atoms with Gasteiger partial charge in [0.25, 0.3) is 0 Å². The van der Waals surface area contributed by atoms with E-state index in [0.29, 0.717) is 23.7 Å². The molecule has 9 heteroatoms. The second-order valence-electron chi connectivity index (χ2n) is 4.47. The predicted octanol–water partition coefficient (Wildman–Crippen LogP) is 1.73. The van der Waals surface area contributed by atoms with Gasteiger partial charge >= 0.3 is 6.03 Å². The SMILES string of the molecule is CCn1nnnc1-c1cccc(NC(=O)Nc2cn[nH]c2)c1. The van der Waals surface area contributed by atoms with Gasteiger partial charge in [-0.2, -0.15) is 5.10 Å². The highest BCUT2D eigenvalue weighted by molar-refractivity contribution is 5.99. The number of hydrogen-bond acceptors (Lipinski definition) is 5. The summed E-state index contributed by atoms with van der Waals surface area (Å²) in [4.78, 5) is 11.9. The number of H-pyrrole nitrogens is 1. The Morgan fingerprint density at radius 1 is 1.32 bits per heavy atom. The van der Waals surface area contributed by atoms with E-state index in [1.54, 1.807) is 16.9 Å². The number of aromatic nitrogens is 6. The number of aromatic amines is 1. The zero-order valence-corrected chi connectivity index (χ0v) is 11.8. The van der Waals surface area contributed by atoms with Crippen molar-refractivity contribution in [2.24, 2.45) is 0 Å². The van der Waals surface area contributed by atoms with Crippen molar-refractivity contribution in [3.8, 4) is 11.4 Å². The number of nitrogens with one attached hydrogen (secondary N) is 3. The summed E-state index contributed by atoms with van der Waals surface area (Å²) >= 11 is 0. The number of rotatable bonds is 4. The molecule has 3 aromatic rings. The molecule has 0 spiro atoms. The molecule has 3 N–H and O–H groups in total. The molecule has 0 atom stereocenters. The fraction of sp³-hybridized carbons (Fsp3) is 0.154. The van der Waals surface area contributed by atoms with Crippen LogP contribution in [0.2, 0.25) is 0 Å². The van der Waals surface area contributed by atoms with Gasteiger partial charge in [0.2, 0.25) is 0 Å². The minimum absolute atomic E-state index is 0.353. The Hall–Kier alpha value is -3.23. The third-order valence-electron chi connectivity index (χ3n) is 2.97. The third kappa shape index (κ3) is 2.92. The Balaban J connectivity index is 1.75. The van der Waals surface area contributed by atoms with E-state index in [4.69, 9.17) is 0 Å². The molecule has 2 heterocycles. The van der Waals surface area contributed by atoms with Crippen LogP contribution in [-0.4, -0.2) is 36.4 Å². The van der Waals surface area contributed by atoms with Crippen molar-refractivity contribution in [3.63, 3.8) is 0 Å². The molecule has 3 rings (SSSR count). The molecule has 2 aromatic heterocycles. The first-order valence-electron chi connectivity index (χ1n) is 6.69. The Morgan fingerprint density at radius 2 is 2.18 bits per heavy atom. The van der Waals surface area contributed by atoms with Crippen LogP contribution >= 0.6 is 0 Å². The maximum absolute atomic E-state index is 11.9. The van der Waals surface area contributed by atoms with E-state index in [9.17, 15) is 4.79 Å². The van der Waals surface area contributed by atoms with Gasteiger partial charge in [-0.3, -0.25) is 5.10 Å².